The summed E-state index contributed by atoms with van der Waals surface area (Å²) in [4.78, 5) is 16.4. The van der Waals surface area contributed by atoms with Gasteiger partial charge in [-0.25, -0.2) is 17.8 Å². The molecule has 0 bridgehead atoms. The van der Waals surface area contributed by atoms with Gasteiger partial charge < -0.3 is 5.32 Å². The minimum absolute atomic E-state index is 0.0895. The Hall–Kier alpha value is -3.10. The summed E-state index contributed by atoms with van der Waals surface area (Å²) in [6, 6.07) is 16.2. The lowest BCUT2D eigenvalue weighted by Crippen LogP contribution is -2.45. The third kappa shape index (κ3) is 5.46. The Bertz CT molecular complexity index is 1090. The molecule has 1 aromatic heterocycles. The van der Waals surface area contributed by atoms with Crippen LogP contribution in [0.3, 0.4) is 0 Å². The van der Waals surface area contributed by atoms with Crippen LogP contribution in [0.2, 0.25) is 0 Å². The van der Waals surface area contributed by atoms with Gasteiger partial charge in [-0.2, -0.15) is 4.72 Å². The lowest BCUT2D eigenvalue weighted by Gasteiger charge is -2.19. The number of nitrogens with zero attached hydrogens (tertiary/aromatic N) is 1. The molecule has 0 spiro atoms. The Morgan fingerprint density at radius 1 is 1.03 bits per heavy atom. The fraction of sp³-hybridized carbons (Fsp3) is 0.143. The second kappa shape index (κ2) is 8.93. The summed E-state index contributed by atoms with van der Waals surface area (Å²) in [5.74, 6) is -1.19. The maximum Gasteiger partial charge on any atom is 0.244 e. The average Bonchev–Trinajstić information content (AvgIpc) is 2.70. The number of aryl methyl sites for hydroxylation is 1. The van der Waals surface area contributed by atoms with Crippen LogP contribution in [-0.2, 0) is 21.2 Å². The Labute approximate surface area is 168 Å². The van der Waals surface area contributed by atoms with Gasteiger partial charge in [-0.3, -0.25) is 4.79 Å². The van der Waals surface area contributed by atoms with Crippen molar-refractivity contribution in [2.24, 2.45) is 0 Å². The third-order valence-corrected chi connectivity index (χ3v) is 5.69. The minimum atomic E-state index is -4.26. The lowest BCUT2D eigenvalue weighted by molar-refractivity contribution is -0.117. The number of rotatable bonds is 7. The Morgan fingerprint density at radius 2 is 1.72 bits per heavy atom. The summed E-state index contributed by atoms with van der Waals surface area (Å²) in [5.41, 5.74) is 1.67. The van der Waals surface area contributed by atoms with Gasteiger partial charge in [0.1, 0.15) is 22.6 Å². The summed E-state index contributed by atoms with van der Waals surface area (Å²) in [5, 5.41) is 2.61. The van der Waals surface area contributed by atoms with Gasteiger partial charge in [-0.1, -0.05) is 48.5 Å². The molecular formula is C21H20FN3O3S. The molecule has 0 unspecified atom stereocenters. The third-order valence-electron chi connectivity index (χ3n) is 4.19. The highest BCUT2D eigenvalue weighted by Crippen LogP contribution is 2.16. The molecule has 1 heterocycles. The van der Waals surface area contributed by atoms with E-state index in [1.54, 1.807) is 42.6 Å². The zero-order chi connectivity index (χ0) is 20.9. The van der Waals surface area contributed by atoms with Crippen molar-refractivity contribution in [3.8, 4) is 0 Å². The summed E-state index contributed by atoms with van der Waals surface area (Å²) in [6.45, 7) is 1.86. The molecule has 1 amide bonds. The van der Waals surface area contributed by atoms with E-state index in [4.69, 9.17) is 0 Å². The molecule has 0 aliphatic carbocycles. The zero-order valence-electron chi connectivity index (χ0n) is 15.7. The van der Waals surface area contributed by atoms with E-state index >= 15 is 0 Å². The van der Waals surface area contributed by atoms with Crippen LogP contribution in [0.25, 0.3) is 0 Å². The molecule has 2 aromatic carbocycles. The molecule has 0 saturated carbocycles. The van der Waals surface area contributed by atoms with Crippen LogP contribution in [-0.4, -0.2) is 25.4 Å². The van der Waals surface area contributed by atoms with Crippen molar-refractivity contribution >= 4 is 21.7 Å². The maximum absolute atomic E-state index is 14.0. The molecule has 3 rings (SSSR count). The normalized spacial score (nSPS) is 12.3. The van der Waals surface area contributed by atoms with E-state index in [9.17, 15) is 17.6 Å². The first-order valence-electron chi connectivity index (χ1n) is 8.89. The lowest BCUT2D eigenvalue weighted by atomic mass is 10.1. The highest BCUT2D eigenvalue weighted by atomic mass is 32.2. The smallest absolute Gasteiger partial charge is 0.244 e. The van der Waals surface area contributed by atoms with Crippen LogP contribution < -0.4 is 10.0 Å². The van der Waals surface area contributed by atoms with E-state index in [1.165, 1.54) is 12.1 Å². The van der Waals surface area contributed by atoms with E-state index in [0.717, 1.165) is 23.3 Å². The number of benzene rings is 2. The summed E-state index contributed by atoms with van der Waals surface area (Å²) >= 11 is 0. The monoisotopic (exact) mass is 413 g/mol. The van der Waals surface area contributed by atoms with Gasteiger partial charge >= 0.3 is 0 Å². The van der Waals surface area contributed by atoms with Gasteiger partial charge in [0.2, 0.25) is 15.9 Å². The number of amides is 1. The molecule has 1 atom stereocenters. The van der Waals surface area contributed by atoms with Gasteiger partial charge in [-0.15, -0.1) is 0 Å². The average molecular weight is 413 g/mol. The molecule has 6 nitrogen and oxygen atoms in total. The second-order valence-electron chi connectivity index (χ2n) is 6.50. The van der Waals surface area contributed by atoms with E-state index in [0.29, 0.717) is 5.82 Å². The first kappa shape index (κ1) is 20.6. The maximum atomic E-state index is 14.0. The predicted molar refractivity (Wildman–Crippen MR) is 108 cm³/mol. The van der Waals surface area contributed by atoms with E-state index in [-0.39, 0.29) is 6.42 Å². The Morgan fingerprint density at radius 3 is 2.38 bits per heavy atom. The van der Waals surface area contributed by atoms with Gasteiger partial charge in [0, 0.05) is 6.20 Å². The highest BCUT2D eigenvalue weighted by molar-refractivity contribution is 7.89. The van der Waals surface area contributed by atoms with Crippen molar-refractivity contribution in [1.29, 1.82) is 0 Å². The van der Waals surface area contributed by atoms with Crippen LogP contribution in [0.5, 0.6) is 0 Å². The molecule has 3 aromatic rings. The molecule has 0 radical (unpaired) electrons. The number of pyridine rings is 1. The minimum Gasteiger partial charge on any atom is -0.309 e. The topological polar surface area (TPSA) is 88.2 Å². The van der Waals surface area contributed by atoms with Crippen molar-refractivity contribution in [2.45, 2.75) is 24.3 Å². The summed E-state index contributed by atoms with van der Waals surface area (Å²) in [6.07, 6.45) is 1.68. The number of halogens is 1. The van der Waals surface area contributed by atoms with E-state index in [1.807, 2.05) is 13.0 Å². The molecular weight excluding hydrogens is 393 g/mol. The standard InChI is InChI=1S/C21H20FN3O3S/c1-15-11-12-20(23-14-15)24-21(26)18(13-16-7-3-2-4-8-16)25-29(27,28)19-10-6-5-9-17(19)22/h2-12,14,18,25H,13H2,1H3,(H,23,24,26)/t18-/m1/s1. The number of aromatic nitrogens is 1. The summed E-state index contributed by atoms with van der Waals surface area (Å²) < 4.78 is 41.8. The zero-order valence-corrected chi connectivity index (χ0v) is 16.5. The first-order valence-corrected chi connectivity index (χ1v) is 10.4. The van der Waals surface area contributed by atoms with Crippen LogP contribution in [0.15, 0.2) is 77.8 Å². The van der Waals surface area contributed by atoms with Gasteiger partial charge in [-0.05, 0) is 42.7 Å². The number of anilines is 1. The number of hydrogen-bond acceptors (Lipinski definition) is 4. The Kier molecular flexibility index (Phi) is 6.36. The Balaban J connectivity index is 1.87. The van der Waals surface area contributed by atoms with Gasteiger partial charge in [0.25, 0.3) is 0 Å². The number of carbonyl (C=O) groups is 1. The quantitative estimate of drug-likeness (QED) is 0.623. The summed E-state index contributed by atoms with van der Waals surface area (Å²) in [7, 11) is -4.26. The van der Waals surface area contributed by atoms with E-state index < -0.39 is 32.7 Å². The molecule has 29 heavy (non-hydrogen) atoms. The number of carbonyl (C=O) groups excluding carboxylic acids is 1. The predicted octanol–water partition coefficient (Wildman–Crippen LogP) is 3.06. The number of hydrogen-bond donors (Lipinski definition) is 2. The van der Waals surface area contributed by atoms with Crippen molar-refractivity contribution in [2.75, 3.05) is 5.32 Å². The SMILES string of the molecule is Cc1ccc(NC(=O)[C@@H](Cc2ccccc2)NS(=O)(=O)c2ccccc2F)nc1. The van der Waals surface area contributed by atoms with Crippen LogP contribution in [0, 0.1) is 12.7 Å². The van der Waals surface area contributed by atoms with Crippen molar-refractivity contribution < 1.29 is 17.6 Å². The molecule has 0 aliphatic heterocycles. The van der Waals surface area contributed by atoms with Crippen molar-refractivity contribution in [1.82, 2.24) is 9.71 Å². The molecule has 2 N–H and O–H groups in total. The van der Waals surface area contributed by atoms with Crippen molar-refractivity contribution in [3.05, 3.63) is 89.9 Å². The molecule has 0 fully saturated rings. The van der Waals surface area contributed by atoms with E-state index in [2.05, 4.69) is 15.0 Å². The molecule has 150 valence electrons. The molecule has 8 heteroatoms. The molecule has 0 saturated heterocycles. The van der Waals surface area contributed by atoms with Crippen LogP contribution >= 0.6 is 0 Å². The fourth-order valence-electron chi connectivity index (χ4n) is 2.71. The second-order valence-corrected chi connectivity index (χ2v) is 8.19. The largest absolute Gasteiger partial charge is 0.309 e. The van der Waals surface area contributed by atoms with Gasteiger partial charge in [0.15, 0.2) is 0 Å². The number of sulfonamides is 1. The highest BCUT2D eigenvalue weighted by Gasteiger charge is 2.28. The first-order chi connectivity index (χ1) is 13.8. The molecule has 0 aliphatic rings. The van der Waals surface area contributed by atoms with Gasteiger partial charge in [0.05, 0.1) is 0 Å². The van der Waals surface area contributed by atoms with Crippen LogP contribution in [0.4, 0.5) is 10.2 Å². The fourth-order valence-corrected chi connectivity index (χ4v) is 3.98. The number of nitrogens with one attached hydrogen (secondary N) is 2. The van der Waals surface area contributed by atoms with Crippen molar-refractivity contribution in [3.63, 3.8) is 0 Å². The van der Waals surface area contributed by atoms with Crippen LogP contribution in [0.1, 0.15) is 11.1 Å².